The molecule has 0 aromatic heterocycles. The van der Waals surface area contributed by atoms with Gasteiger partial charge in [-0.3, -0.25) is 4.90 Å². The third kappa shape index (κ3) is 6.51. The van der Waals surface area contributed by atoms with E-state index in [-0.39, 0.29) is 0 Å². The number of rotatable bonds is 11. The van der Waals surface area contributed by atoms with Crippen molar-refractivity contribution in [3.05, 3.63) is 76.9 Å². The number of nitrogens with zero attached hydrogens (tertiary/aromatic N) is 1. The van der Waals surface area contributed by atoms with Gasteiger partial charge in [0.1, 0.15) is 0 Å². The van der Waals surface area contributed by atoms with Crippen molar-refractivity contribution in [3.63, 3.8) is 0 Å². The Bertz CT molecular complexity index is 738. The summed E-state index contributed by atoms with van der Waals surface area (Å²) in [5.41, 5.74) is 7.02. The van der Waals surface area contributed by atoms with Crippen LogP contribution in [-0.2, 0) is 27.1 Å². The fourth-order valence-electron chi connectivity index (χ4n) is 3.71. The van der Waals surface area contributed by atoms with E-state index in [1.807, 2.05) is 0 Å². The molecule has 1 aliphatic carbocycles. The van der Waals surface area contributed by atoms with Gasteiger partial charge in [-0.1, -0.05) is 54.6 Å². The third-order valence-corrected chi connectivity index (χ3v) is 5.25. The highest BCUT2D eigenvalue weighted by atomic mass is 16.5. The van der Waals surface area contributed by atoms with Gasteiger partial charge >= 0.3 is 0 Å². The first-order chi connectivity index (χ1) is 14.3. The highest BCUT2D eigenvalue weighted by molar-refractivity contribution is 5.83. The summed E-state index contributed by atoms with van der Waals surface area (Å²) in [6, 6.07) is 17.7. The molecule has 0 spiro atoms. The minimum atomic E-state index is 0.606. The maximum absolute atomic E-state index is 5.69. The number of hydrogen-bond acceptors (Lipinski definition) is 4. The van der Waals surface area contributed by atoms with Crippen LogP contribution in [0.2, 0.25) is 0 Å². The lowest BCUT2D eigenvalue weighted by molar-refractivity contribution is -0.00675. The molecule has 1 aliphatic rings. The van der Waals surface area contributed by atoms with Gasteiger partial charge in [0, 0.05) is 13.7 Å². The van der Waals surface area contributed by atoms with Crippen LogP contribution < -0.4 is 0 Å². The first kappa shape index (κ1) is 21.7. The van der Waals surface area contributed by atoms with Crippen molar-refractivity contribution >= 4 is 5.57 Å². The number of hydrogen-bond donors (Lipinski definition) is 0. The molecule has 0 fully saturated rings. The summed E-state index contributed by atoms with van der Waals surface area (Å²) in [4.78, 5) is 2.21. The van der Waals surface area contributed by atoms with E-state index in [4.69, 9.17) is 14.2 Å². The molecule has 2 aromatic carbocycles. The van der Waals surface area contributed by atoms with Crippen LogP contribution in [0, 0.1) is 0 Å². The molecule has 0 atom stereocenters. The number of aryl methyl sites for hydroxylation is 2. The van der Waals surface area contributed by atoms with Crippen molar-refractivity contribution < 1.29 is 14.2 Å². The number of benzene rings is 2. The molecule has 2 aromatic rings. The topological polar surface area (TPSA) is 30.9 Å². The minimum Gasteiger partial charge on any atom is -0.382 e. The van der Waals surface area contributed by atoms with Crippen LogP contribution in [0.4, 0.5) is 0 Å². The predicted molar refractivity (Wildman–Crippen MR) is 118 cm³/mol. The zero-order valence-electron chi connectivity index (χ0n) is 17.7. The standard InChI is InChI=1S/C25H33NO3/c1-26(20-29-19-18-28-17-16-27-2)15-7-12-25-23-10-5-3-8-21(23)13-14-22-9-4-6-11-24(22)25/h3-6,8-12H,7,13-20H2,1-2H3. The number of fused-ring (bicyclic) bond motifs is 2. The zero-order valence-corrected chi connectivity index (χ0v) is 17.7. The maximum Gasteiger partial charge on any atom is 0.0989 e. The van der Waals surface area contributed by atoms with Crippen LogP contribution in [0.3, 0.4) is 0 Å². The van der Waals surface area contributed by atoms with E-state index in [2.05, 4.69) is 66.6 Å². The van der Waals surface area contributed by atoms with Crippen LogP contribution in [0.15, 0.2) is 54.6 Å². The van der Waals surface area contributed by atoms with Gasteiger partial charge in [-0.05, 0) is 54.1 Å². The molecule has 3 rings (SSSR count). The number of methoxy groups -OCH3 is 1. The lowest BCUT2D eigenvalue weighted by Gasteiger charge is -2.17. The van der Waals surface area contributed by atoms with Crippen LogP contribution in [0.1, 0.15) is 28.7 Å². The second kappa shape index (κ2) is 11.9. The molecule has 29 heavy (non-hydrogen) atoms. The fourth-order valence-corrected chi connectivity index (χ4v) is 3.71. The summed E-state index contributed by atoms with van der Waals surface area (Å²) >= 11 is 0. The normalized spacial score (nSPS) is 13.1. The average Bonchev–Trinajstić information content (AvgIpc) is 2.90. The van der Waals surface area contributed by atoms with Gasteiger partial charge in [0.25, 0.3) is 0 Å². The quantitative estimate of drug-likeness (QED) is 0.422. The Labute approximate surface area is 175 Å². The van der Waals surface area contributed by atoms with Gasteiger partial charge in [0.15, 0.2) is 0 Å². The van der Waals surface area contributed by atoms with Crippen molar-refractivity contribution in [2.75, 3.05) is 53.9 Å². The average molecular weight is 396 g/mol. The van der Waals surface area contributed by atoms with Gasteiger partial charge in [0.2, 0.25) is 0 Å². The Kier molecular flexibility index (Phi) is 8.90. The molecule has 156 valence electrons. The van der Waals surface area contributed by atoms with Crippen molar-refractivity contribution in [1.29, 1.82) is 0 Å². The lowest BCUT2D eigenvalue weighted by atomic mass is 9.93. The zero-order chi connectivity index (χ0) is 20.3. The Morgan fingerprint density at radius 3 is 2.07 bits per heavy atom. The summed E-state index contributed by atoms with van der Waals surface area (Å²) in [5, 5.41) is 0. The van der Waals surface area contributed by atoms with Crippen LogP contribution in [-0.4, -0.2) is 58.8 Å². The van der Waals surface area contributed by atoms with E-state index in [0.717, 1.165) is 25.8 Å². The largest absolute Gasteiger partial charge is 0.382 e. The monoisotopic (exact) mass is 395 g/mol. The van der Waals surface area contributed by atoms with E-state index in [1.54, 1.807) is 7.11 Å². The predicted octanol–water partition coefficient (Wildman–Crippen LogP) is 4.18. The molecule has 0 saturated carbocycles. The molecule has 0 heterocycles. The molecule has 0 N–H and O–H groups in total. The Hall–Kier alpha value is -1.98. The Balaban J connectivity index is 1.55. The molecule has 4 heteroatoms. The van der Waals surface area contributed by atoms with Crippen LogP contribution in [0.25, 0.3) is 5.57 Å². The second-order valence-corrected chi connectivity index (χ2v) is 7.44. The number of ether oxygens (including phenoxy) is 3. The third-order valence-electron chi connectivity index (χ3n) is 5.25. The molecule has 0 saturated heterocycles. The van der Waals surface area contributed by atoms with Gasteiger partial charge in [0.05, 0.1) is 33.2 Å². The van der Waals surface area contributed by atoms with Gasteiger partial charge in [-0.15, -0.1) is 0 Å². The second-order valence-electron chi connectivity index (χ2n) is 7.44. The minimum absolute atomic E-state index is 0.606. The SMILES string of the molecule is COCCOCCOCN(C)CCC=C1c2ccccc2CCc2ccccc21. The summed E-state index contributed by atoms with van der Waals surface area (Å²) in [7, 11) is 3.77. The fraction of sp³-hybridized carbons (Fsp3) is 0.440. The maximum atomic E-state index is 5.69. The molecule has 0 amide bonds. The van der Waals surface area contributed by atoms with Crippen LogP contribution in [0.5, 0.6) is 0 Å². The summed E-state index contributed by atoms with van der Waals surface area (Å²) in [5.74, 6) is 0. The van der Waals surface area contributed by atoms with Crippen LogP contribution >= 0.6 is 0 Å². The molecule has 4 nitrogen and oxygen atoms in total. The van der Waals surface area contributed by atoms with Crippen molar-refractivity contribution in [1.82, 2.24) is 4.90 Å². The molecular formula is C25H33NO3. The van der Waals surface area contributed by atoms with E-state index >= 15 is 0 Å². The van der Waals surface area contributed by atoms with Gasteiger partial charge < -0.3 is 14.2 Å². The Morgan fingerprint density at radius 1 is 0.828 bits per heavy atom. The molecule has 0 aliphatic heterocycles. The molecular weight excluding hydrogens is 362 g/mol. The van der Waals surface area contributed by atoms with Gasteiger partial charge in [-0.2, -0.15) is 0 Å². The molecule has 0 unspecified atom stereocenters. The smallest absolute Gasteiger partial charge is 0.0989 e. The first-order valence-corrected chi connectivity index (χ1v) is 10.5. The van der Waals surface area contributed by atoms with Crippen molar-refractivity contribution in [2.45, 2.75) is 19.3 Å². The lowest BCUT2D eigenvalue weighted by Crippen LogP contribution is -2.24. The molecule has 0 bridgehead atoms. The Morgan fingerprint density at radius 2 is 1.41 bits per heavy atom. The molecule has 0 radical (unpaired) electrons. The van der Waals surface area contributed by atoms with E-state index in [0.29, 0.717) is 33.2 Å². The highest BCUT2D eigenvalue weighted by Gasteiger charge is 2.17. The highest BCUT2D eigenvalue weighted by Crippen LogP contribution is 2.33. The summed E-state index contributed by atoms with van der Waals surface area (Å²) in [6.45, 7) is 4.03. The van der Waals surface area contributed by atoms with Gasteiger partial charge in [-0.25, -0.2) is 0 Å². The van der Waals surface area contributed by atoms with E-state index < -0.39 is 0 Å². The summed E-state index contributed by atoms with van der Waals surface area (Å²) in [6.07, 6.45) is 5.59. The van der Waals surface area contributed by atoms with Crippen molar-refractivity contribution in [3.8, 4) is 0 Å². The summed E-state index contributed by atoms with van der Waals surface area (Å²) < 4.78 is 16.1. The van der Waals surface area contributed by atoms with E-state index in [9.17, 15) is 0 Å². The first-order valence-electron chi connectivity index (χ1n) is 10.5. The van der Waals surface area contributed by atoms with Crippen molar-refractivity contribution in [2.24, 2.45) is 0 Å². The van der Waals surface area contributed by atoms with E-state index in [1.165, 1.54) is 27.8 Å².